The molecular weight excluding hydrogens is 749 g/mol. The van der Waals surface area contributed by atoms with Crippen molar-refractivity contribution in [2.75, 3.05) is 23.4 Å². The fourth-order valence-corrected chi connectivity index (χ4v) is 9.20. The van der Waals surface area contributed by atoms with Crippen molar-refractivity contribution in [2.45, 2.75) is 0 Å². The monoisotopic (exact) mass is 780 g/mol. The van der Waals surface area contributed by atoms with Gasteiger partial charge in [-0.05, 0) is 71.4 Å². The Morgan fingerprint density at radius 1 is 0.317 bits per heavy atom. The van der Waals surface area contributed by atoms with Crippen LogP contribution in [0.25, 0.3) is 65.4 Å². The number of furan rings is 2. The highest BCUT2D eigenvalue weighted by Gasteiger charge is 2.27. The standard InChI is InChI=1S/C52H32N2O6/c1-3-11-31(12-4-1)53(33-19-22-42-45(25-33)57-29-55-42)40-27-47-49(37-17-9-7-15-35(37)40)39-21-24-44-51(52(39)60-47)50-38-18-10-8-16-36(38)41(28-48(50)59-44)54(32-13-5-2-6-14-32)34-20-23-43-46(26-34)58-30-56-43/h1-28H,29-30H2. The molecular formula is C52H32N2O6. The van der Waals surface area contributed by atoms with Crippen molar-refractivity contribution >= 4 is 99.5 Å². The Hall–Kier alpha value is -8.10. The summed E-state index contributed by atoms with van der Waals surface area (Å²) in [5, 5.41) is 8.33. The summed E-state index contributed by atoms with van der Waals surface area (Å²) >= 11 is 0. The van der Waals surface area contributed by atoms with Crippen molar-refractivity contribution in [3.8, 4) is 23.0 Å². The molecule has 8 nitrogen and oxygen atoms in total. The van der Waals surface area contributed by atoms with Gasteiger partial charge in [0, 0.05) is 62.6 Å². The lowest BCUT2D eigenvalue weighted by Crippen LogP contribution is -2.10. The number of nitrogens with zero attached hydrogens (tertiary/aromatic N) is 2. The molecule has 0 N–H and O–H groups in total. The molecule has 0 radical (unpaired) electrons. The molecule has 2 aliphatic heterocycles. The highest BCUT2D eigenvalue weighted by Crippen LogP contribution is 2.51. The average molecular weight is 781 g/mol. The van der Waals surface area contributed by atoms with Gasteiger partial charge in [-0.25, -0.2) is 0 Å². The fourth-order valence-electron chi connectivity index (χ4n) is 9.20. The number of para-hydroxylation sites is 2. The van der Waals surface area contributed by atoms with Gasteiger partial charge >= 0.3 is 0 Å². The molecule has 0 saturated heterocycles. The minimum absolute atomic E-state index is 0.205. The molecule has 11 aromatic rings. The molecule has 0 saturated carbocycles. The molecule has 0 aliphatic carbocycles. The summed E-state index contributed by atoms with van der Waals surface area (Å²) in [7, 11) is 0. The molecule has 0 bridgehead atoms. The topological polar surface area (TPSA) is 69.7 Å². The van der Waals surface area contributed by atoms with E-state index < -0.39 is 0 Å². The molecule has 9 aromatic carbocycles. The van der Waals surface area contributed by atoms with Gasteiger partial charge in [-0.15, -0.1) is 0 Å². The van der Waals surface area contributed by atoms with Crippen LogP contribution in [-0.4, -0.2) is 13.6 Å². The second-order valence-electron chi connectivity index (χ2n) is 15.1. The van der Waals surface area contributed by atoms with Crippen molar-refractivity contribution in [1.29, 1.82) is 0 Å². The van der Waals surface area contributed by atoms with Crippen LogP contribution in [0.15, 0.2) is 179 Å². The van der Waals surface area contributed by atoms with E-state index in [-0.39, 0.29) is 13.6 Å². The second kappa shape index (κ2) is 12.7. The van der Waals surface area contributed by atoms with Crippen molar-refractivity contribution in [1.82, 2.24) is 0 Å². The number of benzene rings is 9. The molecule has 0 unspecified atom stereocenters. The maximum absolute atomic E-state index is 7.12. The van der Waals surface area contributed by atoms with Crippen molar-refractivity contribution in [2.24, 2.45) is 0 Å². The summed E-state index contributed by atoms with van der Waals surface area (Å²) in [6, 6.07) is 58.6. The molecule has 8 heteroatoms. The van der Waals surface area contributed by atoms with Crippen molar-refractivity contribution in [3.63, 3.8) is 0 Å². The predicted molar refractivity (Wildman–Crippen MR) is 238 cm³/mol. The van der Waals surface area contributed by atoms with Gasteiger partial charge in [-0.1, -0.05) is 84.9 Å². The van der Waals surface area contributed by atoms with E-state index in [2.05, 4.69) is 143 Å². The van der Waals surface area contributed by atoms with Gasteiger partial charge in [0.05, 0.1) is 28.1 Å². The lowest BCUT2D eigenvalue weighted by atomic mass is 9.98. The molecule has 60 heavy (non-hydrogen) atoms. The highest BCUT2D eigenvalue weighted by atomic mass is 16.7. The SMILES string of the molecule is c1ccc(N(c2ccc3c(c2)OCO3)c2cc3oc4c(ccc5oc6cc(N(c7ccccc7)c7ccc8c(c7)OCO8)c7ccccc7c6c54)c3c3ccccc23)cc1. The molecule has 0 amide bonds. The van der Waals surface area contributed by atoms with Crippen molar-refractivity contribution < 1.29 is 27.8 Å². The molecule has 0 spiro atoms. The number of anilines is 6. The van der Waals surface area contributed by atoms with Crippen LogP contribution in [0, 0.1) is 0 Å². The molecule has 0 fully saturated rings. The van der Waals surface area contributed by atoms with Crippen LogP contribution in [0.2, 0.25) is 0 Å². The van der Waals surface area contributed by atoms with Gasteiger partial charge in [-0.2, -0.15) is 0 Å². The van der Waals surface area contributed by atoms with E-state index >= 15 is 0 Å². The third-order valence-electron chi connectivity index (χ3n) is 11.8. The number of hydrogen-bond acceptors (Lipinski definition) is 8. The van der Waals surface area contributed by atoms with Crippen molar-refractivity contribution in [3.05, 3.63) is 170 Å². The highest BCUT2D eigenvalue weighted by molar-refractivity contribution is 6.32. The van der Waals surface area contributed by atoms with E-state index in [0.29, 0.717) is 5.75 Å². The minimum atomic E-state index is 0.205. The average Bonchev–Trinajstić information content (AvgIpc) is 4.12. The van der Waals surface area contributed by atoms with Crippen LogP contribution >= 0.6 is 0 Å². The Morgan fingerprint density at radius 3 is 1.37 bits per heavy atom. The summed E-state index contributed by atoms with van der Waals surface area (Å²) in [6.07, 6.45) is 0. The van der Waals surface area contributed by atoms with Gasteiger partial charge in [0.15, 0.2) is 23.0 Å². The summed E-state index contributed by atoms with van der Waals surface area (Å²) in [5.41, 5.74) is 8.94. The third-order valence-corrected chi connectivity index (χ3v) is 11.8. The van der Waals surface area contributed by atoms with Gasteiger partial charge in [0.2, 0.25) is 13.6 Å². The number of rotatable bonds is 6. The van der Waals surface area contributed by atoms with E-state index in [0.717, 1.165) is 117 Å². The zero-order valence-corrected chi connectivity index (χ0v) is 31.9. The third kappa shape index (κ3) is 4.85. The molecule has 286 valence electrons. The lowest BCUT2D eigenvalue weighted by molar-refractivity contribution is 0.173. The predicted octanol–water partition coefficient (Wildman–Crippen LogP) is 14.2. The van der Waals surface area contributed by atoms with Gasteiger partial charge in [-0.3, -0.25) is 0 Å². The first kappa shape index (κ1) is 32.9. The maximum Gasteiger partial charge on any atom is 0.231 e. The summed E-state index contributed by atoms with van der Waals surface area (Å²) in [5.74, 6) is 2.91. The van der Waals surface area contributed by atoms with Crippen LogP contribution in [0.1, 0.15) is 0 Å². The molecule has 2 aliphatic rings. The Labute approximate surface area is 342 Å². The van der Waals surface area contributed by atoms with Crippen LogP contribution in [0.5, 0.6) is 23.0 Å². The first-order valence-electron chi connectivity index (χ1n) is 19.9. The zero-order chi connectivity index (χ0) is 39.3. The minimum Gasteiger partial charge on any atom is -0.456 e. The van der Waals surface area contributed by atoms with Crippen LogP contribution < -0.4 is 28.7 Å². The Bertz CT molecular complexity index is 3520. The zero-order valence-electron chi connectivity index (χ0n) is 31.9. The lowest BCUT2D eigenvalue weighted by Gasteiger charge is -2.27. The van der Waals surface area contributed by atoms with Gasteiger partial charge in [0.25, 0.3) is 0 Å². The Balaban J connectivity index is 1.07. The van der Waals surface area contributed by atoms with Crippen LogP contribution in [0.4, 0.5) is 34.1 Å². The second-order valence-corrected chi connectivity index (χ2v) is 15.1. The molecule has 2 aromatic heterocycles. The molecule has 13 rings (SSSR count). The van der Waals surface area contributed by atoms with Gasteiger partial charge in [0.1, 0.15) is 22.3 Å². The smallest absolute Gasteiger partial charge is 0.231 e. The Morgan fingerprint density at radius 2 is 0.800 bits per heavy atom. The summed E-state index contributed by atoms with van der Waals surface area (Å²) < 4.78 is 37.0. The largest absolute Gasteiger partial charge is 0.456 e. The number of fused-ring (bicyclic) bond motifs is 13. The fraction of sp³-hybridized carbons (Fsp3) is 0.0385. The van der Waals surface area contributed by atoms with Crippen LogP contribution in [0.3, 0.4) is 0 Å². The number of ether oxygens (including phenoxy) is 4. The van der Waals surface area contributed by atoms with E-state index in [1.807, 2.05) is 36.4 Å². The van der Waals surface area contributed by atoms with E-state index in [4.69, 9.17) is 27.8 Å². The molecule has 4 heterocycles. The Kier molecular flexibility index (Phi) is 6.97. The quantitative estimate of drug-likeness (QED) is 0.165. The first-order valence-corrected chi connectivity index (χ1v) is 19.9. The maximum atomic E-state index is 7.12. The first-order chi connectivity index (χ1) is 29.7. The van der Waals surface area contributed by atoms with E-state index in [1.54, 1.807) is 0 Å². The van der Waals surface area contributed by atoms with E-state index in [9.17, 15) is 0 Å². The van der Waals surface area contributed by atoms with E-state index in [1.165, 1.54) is 0 Å². The normalized spacial score (nSPS) is 13.1. The van der Waals surface area contributed by atoms with Crippen LogP contribution in [-0.2, 0) is 0 Å². The summed E-state index contributed by atoms with van der Waals surface area (Å²) in [6.45, 7) is 0.410. The number of hydrogen-bond donors (Lipinski definition) is 0. The van der Waals surface area contributed by atoms with Gasteiger partial charge < -0.3 is 37.6 Å². The molecule has 0 atom stereocenters. The summed E-state index contributed by atoms with van der Waals surface area (Å²) in [4.78, 5) is 4.51.